The van der Waals surface area contributed by atoms with Crippen LogP contribution in [-0.2, 0) is 10.8 Å². The Morgan fingerprint density at radius 1 is 1.38 bits per heavy atom. The molecule has 1 aromatic rings. The Labute approximate surface area is 84.2 Å². The monoisotopic (exact) mass is 218 g/mol. The molecule has 0 aliphatic rings. The van der Waals surface area contributed by atoms with Crippen molar-refractivity contribution < 1.29 is 8.60 Å². The van der Waals surface area contributed by atoms with Crippen molar-refractivity contribution in [2.45, 2.75) is 4.90 Å². The summed E-state index contributed by atoms with van der Waals surface area (Å²) in [6.45, 7) is 0. The molecular formula is C9H11FOS2. The fraction of sp³-hybridized carbons (Fsp3) is 0.333. The molecule has 1 nitrogen and oxygen atoms in total. The summed E-state index contributed by atoms with van der Waals surface area (Å²) in [6.07, 6.45) is 1.97. The van der Waals surface area contributed by atoms with E-state index < -0.39 is 10.8 Å². The standard InChI is InChI=1S/C9H11FOS2/c1-12-6-7-13(11)9-4-2-8(10)3-5-9/h2-5H,6-7H2,1H3. The van der Waals surface area contributed by atoms with Crippen LogP contribution in [0.4, 0.5) is 4.39 Å². The third-order valence-corrected chi connectivity index (χ3v) is 3.79. The quantitative estimate of drug-likeness (QED) is 0.771. The molecule has 1 unspecified atom stereocenters. The van der Waals surface area contributed by atoms with Gasteiger partial charge in [-0.1, -0.05) is 0 Å². The van der Waals surface area contributed by atoms with E-state index in [1.54, 1.807) is 23.9 Å². The number of halogens is 1. The molecule has 1 atom stereocenters. The van der Waals surface area contributed by atoms with E-state index >= 15 is 0 Å². The van der Waals surface area contributed by atoms with Gasteiger partial charge in [0, 0.05) is 16.4 Å². The van der Waals surface area contributed by atoms with Crippen LogP contribution in [0.3, 0.4) is 0 Å². The molecule has 0 spiro atoms. The Balaban J connectivity index is 2.61. The fourth-order valence-electron chi connectivity index (χ4n) is 0.863. The largest absolute Gasteiger partial charge is 0.254 e. The zero-order chi connectivity index (χ0) is 9.68. The van der Waals surface area contributed by atoms with Gasteiger partial charge in [-0.3, -0.25) is 4.21 Å². The van der Waals surface area contributed by atoms with Crippen molar-refractivity contribution in [1.82, 2.24) is 0 Å². The summed E-state index contributed by atoms with van der Waals surface area (Å²) in [5.41, 5.74) is 0. The first-order valence-electron chi connectivity index (χ1n) is 3.87. The number of thioether (sulfide) groups is 1. The topological polar surface area (TPSA) is 17.1 Å². The van der Waals surface area contributed by atoms with Crippen LogP contribution in [0.5, 0.6) is 0 Å². The Hall–Kier alpha value is -0.350. The van der Waals surface area contributed by atoms with Gasteiger partial charge in [0.25, 0.3) is 0 Å². The maximum atomic E-state index is 12.5. The highest BCUT2D eigenvalue weighted by Crippen LogP contribution is 2.09. The summed E-state index contributed by atoms with van der Waals surface area (Å²) in [5.74, 6) is 1.21. The molecule has 0 saturated heterocycles. The van der Waals surface area contributed by atoms with Crippen LogP contribution < -0.4 is 0 Å². The molecule has 4 heteroatoms. The van der Waals surface area contributed by atoms with Crippen LogP contribution in [-0.4, -0.2) is 22.0 Å². The van der Waals surface area contributed by atoms with Gasteiger partial charge < -0.3 is 0 Å². The molecular weight excluding hydrogens is 207 g/mol. The molecule has 0 aromatic heterocycles. The van der Waals surface area contributed by atoms with Crippen molar-refractivity contribution >= 4 is 22.6 Å². The van der Waals surface area contributed by atoms with Crippen LogP contribution in [0.15, 0.2) is 29.2 Å². The first-order valence-corrected chi connectivity index (χ1v) is 6.58. The van der Waals surface area contributed by atoms with Crippen LogP contribution in [0.1, 0.15) is 0 Å². The van der Waals surface area contributed by atoms with E-state index in [0.717, 1.165) is 5.75 Å². The van der Waals surface area contributed by atoms with Crippen molar-refractivity contribution in [3.63, 3.8) is 0 Å². The van der Waals surface area contributed by atoms with Gasteiger partial charge in [0.1, 0.15) is 5.82 Å². The fourth-order valence-corrected chi connectivity index (χ4v) is 2.81. The molecule has 0 aliphatic heterocycles. The van der Waals surface area contributed by atoms with Crippen molar-refractivity contribution in [3.8, 4) is 0 Å². The van der Waals surface area contributed by atoms with Crippen LogP contribution in [0, 0.1) is 5.82 Å². The third kappa shape index (κ3) is 3.48. The minimum atomic E-state index is -0.979. The first kappa shape index (κ1) is 10.7. The molecule has 0 bridgehead atoms. The summed E-state index contributed by atoms with van der Waals surface area (Å²) >= 11 is 1.66. The summed E-state index contributed by atoms with van der Waals surface area (Å²) in [6, 6.07) is 5.83. The highest BCUT2D eigenvalue weighted by molar-refractivity contribution is 7.99. The molecule has 1 rings (SSSR count). The lowest BCUT2D eigenvalue weighted by Gasteiger charge is -1.99. The average Bonchev–Trinajstić information content (AvgIpc) is 2.15. The predicted molar refractivity (Wildman–Crippen MR) is 56.1 cm³/mol. The number of hydrogen-bond acceptors (Lipinski definition) is 2. The van der Waals surface area contributed by atoms with E-state index in [-0.39, 0.29) is 5.82 Å². The van der Waals surface area contributed by atoms with E-state index in [1.807, 2.05) is 6.26 Å². The minimum Gasteiger partial charge on any atom is -0.254 e. The number of rotatable bonds is 4. The molecule has 0 amide bonds. The lowest BCUT2D eigenvalue weighted by molar-refractivity contribution is 0.626. The molecule has 0 aliphatic carbocycles. The van der Waals surface area contributed by atoms with Crippen molar-refractivity contribution in [1.29, 1.82) is 0 Å². The summed E-state index contributed by atoms with van der Waals surface area (Å²) in [4.78, 5) is 0.704. The van der Waals surface area contributed by atoms with Crippen molar-refractivity contribution in [2.24, 2.45) is 0 Å². The summed E-state index contributed by atoms with van der Waals surface area (Å²) in [7, 11) is -0.979. The Bertz CT molecular complexity index is 284. The molecule has 0 heterocycles. The second kappa shape index (κ2) is 5.40. The van der Waals surface area contributed by atoms with Gasteiger partial charge in [-0.15, -0.1) is 0 Å². The van der Waals surface area contributed by atoms with E-state index in [9.17, 15) is 8.60 Å². The van der Waals surface area contributed by atoms with E-state index in [0.29, 0.717) is 10.6 Å². The smallest absolute Gasteiger partial charge is 0.123 e. The molecule has 0 saturated carbocycles. The number of hydrogen-bond donors (Lipinski definition) is 0. The number of benzene rings is 1. The van der Waals surface area contributed by atoms with Gasteiger partial charge in [-0.2, -0.15) is 11.8 Å². The van der Waals surface area contributed by atoms with Crippen molar-refractivity contribution in [3.05, 3.63) is 30.1 Å². The second-order valence-corrected chi connectivity index (χ2v) is 5.05. The minimum absolute atomic E-state index is 0.286. The van der Waals surface area contributed by atoms with E-state index in [4.69, 9.17) is 0 Å². The van der Waals surface area contributed by atoms with E-state index in [2.05, 4.69) is 0 Å². The highest BCUT2D eigenvalue weighted by Gasteiger charge is 2.02. The summed E-state index contributed by atoms with van der Waals surface area (Å²) < 4.78 is 24.0. The average molecular weight is 218 g/mol. The van der Waals surface area contributed by atoms with Gasteiger partial charge in [0.2, 0.25) is 0 Å². The first-order chi connectivity index (χ1) is 6.24. The van der Waals surface area contributed by atoms with Gasteiger partial charge in [-0.05, 0) is 30.5 Å². The SMILES string of the molecule is CSCCS(=O)c1ccc(F)cc1. The van der Waals surface area contributed by atoms with Crippen LogP contribution >= 0.6 is 11.8 Å². The van der Waals surface area contributed by atoms with Gasteiger partial charge in [-0.25, -0.2) is 4.39 Å². The molecule has 0 N–H and O–H groups in total. The normalized spacial score (nSPS) is 12.8. The highest BCUT2D eigenvalue weighted by atomic mass is 32.2. The zero-order valence-corrected chi connectivity index (χ0v) is 8.96. The third-order valence-electron chi connectivity index (χ3n) is 1.55. The summed E-state index contributed by atoms with van der Waals surface area (Å²) in [5, 5.41) is 0. The van der Waals surface area contributed by atoms with Gasteiger partial charge in [0.15, 0.2) is 0 Å². The molecule has 0 fully saturated rings. The lowest BCUT2D eigenvalue weighted by atomic mass is 10.4. The van der Waals surface area contributed by atoms with Crippen molar-refractivity contribution in [2.75, 3.05) is 17.8 Å². The zero-order valence-electron chi connectivity index (χ0n) is 7.33. The molecule has 72 valence electrons. The van der Waals surface area contributed by atoms with Crippen LogP contribution in [0.2, 0.25) is 0 Å². The van der Waals surface area contributed by atoms with E-state index in [1.165, 1.54) is 12.1 Å². The Kier molecular flexibility index (Phi) is 4.45. The lowest BCUT2D eigenvalue weighted by Crippen LogP contribution is -2.00. The maximum Gasteiger partial charge on any atom is 0.123 e. The Morgan fingerprint density at radius 2 is 2.00 bits per heavy atom. The Morgan fingerprint density at radius 3 is 2.54 bits per heavy atom. The van der Waals surface area contributed by atoms with Gasteiger partial charge in [0.05, 0.1) is 10.8 Å². The molecule has 1 aromatic carbocycles. The molecule has 0 radical (unpaired) electrons. The van der Waals surface area contributed by atoms with Gasteiger partial charge >= 0.3 is 0 Å². The predicted octanol–water partition coefficient (Wildman–Crippen LogP) is 2.30. The van der Waals surface area contributed by atoms with Crippen LogP contribution in [0.25, 0.3) is 0 Å². The maximum absolute atomic E-state index is 12.5. The second-order valence-electron chi connectivity index (χ2n) is 2.50. The molecule has 13 heavy (non-hydrogen) atoms.